The van der Waals surface area contributed by atoms with E-state index in [1.54, 1.807) is 0 Å². The number of halogens is 2. The van der Waals surface area contributed by atoms with Crippen LogP contribution in [0.4, 0.5) is 0 Å². The molecule has 6 heteroatoms. The molecule has 0 aliphatic heterocycles. The Morgan fingerprint density at radius 2 is 1.75 bits per heavy atom. The van der Waals surface area contributed by atoms with Crippen molar-refractivity contribution in [1.82, 2.24) is 0 Å². The average Bonchev–Trinajstić information content (AvgIpc) is 2.41. The third kappa shape index (κ3) is 6.24. The largest absolute Gasteiger partial charge is 0.490 e. The van der Waals surface area contributed by atoms with Gasteiger partial charge in [0.1, 0.15) is 17.9 Å². The molecular formula is C14H19Br2NO3. The Kier molecular flexibility index (Phi) is 8.18. The van der Waals surface area contributed by atoms with Crippen molar-refractivity contribution in [2.24, 2.45) is 5.73 Å². The second-order valence-electron chi connectivity index (χ2n) is 4.49. The van der Waals surface area contributed by atoms with E-state index in [0.29, 0.717) is 6.42 Å². The van der Waals surface area contributed by atoms with Gasteiger partial charge in [0, 0.05) is 10.7 Å². The molecule has 0 saturated carbocycles. The van der Waals surface area contributed by atoms with Gasteiger partial charge in [0.05, 0.1) is 0 Å². The number of ether oxygens (including phenoxy) is 1. The van der Waals surface area contributed by atoms with E-state index >= 15 is 0 Å². The summed E-state index contributed by atoms with van der Waals surface area (Å²) < 4.78 is 5.90. The highest BCUT2D eigenvalue weighted by atomic mass is 79.9. The molecule has 1 atom stereocenters. The van der Waals surface area contributed by atoms with E-state index in [9.17, 15) is 4.79 Å². The van der Waals surface area contributed by atoms with Crippen molar-refractivity contribution in [3.8, 4) is 5.75 Å². The van der Waals surface area contributed by atoms with Crippen molar-refractivity contribution in [3.63, 3.8) is 0 Å². The monoisotopic (exact) mass is 407 g/mol. The smallest absolute Gasteiger partial charge is 0.320 e. The lowest BCUT2D eigenvalue weighted by Crippen LogP contribution is -2.32. The summed E-state index contributed by atoms with van der Waals surface area (Å²) in [7, 11) is 0. The Balaban J connectivity index is 2.58. The van der Waals surface area contributed by atoms with Gasteiger partial charge in [-0.3, -0.25) is 4.79 Å². The zero-order chi connectivity index (χ0) is 15.0. The maximum absolute atomic E-state index is 10.7. The summed E-state index contributed by atoms with van der Waals surface area (Å²) >= 11 is 6.84. The topological polar surface area (TPSA) is 72.5 Å². The maximum Gasteiger partial charge on any atom is 0.320 e. The molecule has 20 heavy (non-hydrogen) atoms. The highest BCUT2D eigenvalue weighted by molar-refractivity contribution is 9.09. The first-order valence-electron chi connectivity index (χ1n) is 6.42. The fourth-order valence-corrected chi connectivity index (χ4v) is 2.76. The van der Waals surface area contributed by atoms with E-state index in [1.165, 1.54) is 0 Å². The van der Waals surface area contributed by atoms with Crippen LogP contribution >= 0.6 is 31.9 Å². The summed E-state index contributed by atoms with van der Waals surface area (Å²) in [6.07, 6.45) is 2.37. The normalized spacial score (nSPS) is 12.4. The molecule has 1 rings (SSSR count). The summed E-state index contributed by atoms with van der Waals surface area (Å²) in [5, 5.41) is 10.6. The first kappa shape index (κ1) is 17.5. The van der Waals surface area contributed by atoms with E-state index in [2.05, 4.69) is 31.9 Å². The number of rotatable bonds is 9. The average molecular weight is 409 g/mol. The Hall–Kier alpha value is -0.590. The Morgan fingerprint density at radius 1 is 1.20 bits per heavy atom. The van der Waals surface area contributed by atoms with Crippen molar-refractivity contribution in [2.45, 2.75) is 31.4 Å². The number of carboxylic acid groups (broad SMARTS) is 1. The van der Waals surface area contributed by atoms with Crippen molar-refractivity contribution in [3.05, 3.63) is 29.8 Å². The molecule has 0 unspecified atom stereocenters. The fourth-order valence-electron chi connectivity index (χ4n) is 1.74. The molecule has 0 saturated heterocycles. The molecule has 112 valence electrons. The molecule has 0 amide bonds. The number of carboxylic acids is 1. The van der Waals surface area contributed by atoms with Crippen molar-refractivity contribution < 1.29 is 14.6 Å². The van der Waals surface area contributed by atoms with E-state index in [-0.39, 0.29) is 6.10 Å². The van der Waals surface area contributed by atoms with Gasteiger partial charge in [-0.05, 0) is 37.0 Å². The predicted molar refractivity (Wildman–Crippen MR) is 87.0 cm³/mol. The van der Waals surface area contributed by atoms with Crippen LogP contribution in [0.25, 0.3) is 0 Å². The second kappa shape index (κ2) is 9.37. The van der Waals surface area contributed by atoms with Crippen LogP contribution in [0.3, 0.4) is 0 Å². The number of hydrogen-bond donors (Lipinski definition) is 2. The van der Waals surface area contributed by atoms with Crippen LogP contribution in [0.1, 0.15) is 18.4 Å². The van der Waals surface area contributed by atoms with Crippen LogP contribution in [0.5, 0.6) is 5.75 Å². The molecule has 1 aromatic carbocycles. The maximum atomic E-state index is 10.7. The summed E-state index contributed by atoms with van der Waals surface area (Å²) in [5.41, 5.74) is 6.40. The molecule has 3 N–H and O–H groups in total. The molecule has 0 heterocycles. The van der Waals surface area contributed by atoms with Crippen LogP contribution in [0.15, 0.2) is 24.3 Å². The highest BCUT2D eigenvalue weighted by Crippen LogP contribution is 2.18. The number of aliphatic carboxylic acids is 1. The van der Waals surface area contributed by atoms with Crippen molar-refractivity contribution >= 4 is 37.8 Å². The molecule has 0 aliphatic carbocycles. The molecule has 0 fully saturated rings. The summed E-state index contributed by atoms with van der Waals surface area (Å²) in [4.78, 5) is 10.7. The number of alkyl halides is 2. The van der Waals surface area contributed by atoms with E-state index in [1.807, 2.05) is 24.3 Å². The lowest BCUT2D eigenvalue weighted by Gasteiger charge is -2.17. The fraction of sp³-hybridized carbons (Fsp3) is 0.500. The Morgan fingerprint density at radius 3 is 2.20 bits per heavy atom. The van der Waals surface area contributed by atoms with Gasteiger partial charge >= 0.3 is 5.97 Å². The van der Waals surface area contributed by atoms with Crippen LogP contribution in [0, 0.1) is 0 Å². The molecule has 4 nitrogen and oxygen atoms in total. The first-order valence-corrected chi connectivity index (χ1v) is 8.67. The van der Waals surface area contributed by atoms with Gasteiger partial charge < -0.3 is 15.6 Å². The minimum atomic E-state index is -0.986. The molecular weight excluding hydrogens is 390 g/mol. The van der Waals surface area contributed by atoms with Crippen molar-refractivity contribution in [1.29, 1.82) is 0 Å². The zero-order valence-corrected chi connectivity index (χ0v) is 14.3. The van der Waals surface area contributed by atoms with Crippen LogP contribution < -0.4 is 10.5 Å². The molecule has 0 bridgehead atoms. The van der Waals surface area contributed by atoms with E-state index in [4.69, 9.17) is 15.6 Å². The Labute approximate surface area is 135 Å². The Bertz CT molecular complexity index is 405. The van der Waals surface area contributed by atoms with E-state index in [0.717, 1.165) is 34.8 Å². The molecule has 0 radical (unpaired) electrons. The van der Waals surface area contributed by atoms with Gasteiger partial charge in [-0.25, -0.2) is 0 Å². The minimum Gasteiger partial charge on any atom is -0.490 e. The van der Waals surface area contributed by atoms with Gasteiger partial charge in [0.2, 0.25) is 0 Å². The lowest BCUT2D eigenvalue weighted by molar-refractivity contribution is -0.138. The molecule has 0 aliphatic rings. The van der Waals surface area contributed by atoms with Gasteiger partial charge in [0.25, 0.3) is 0 Å². The lowest BCUT2D eigenvalue weighted by atomic mass is 10.1. The molecule has 0 spiro atoms. The number of nitrogens with two attached hydrogens (primary N) is 1. The highest BCUT2D eigenvalue weighted by Gasteiger charge is 2.13. The van der Waals surface area contributed by atoms with Gasteiger partial charge in [-0.15, -0.1) is 0 Å². The third-order valence-corrected chi connectivity index (χ3v) is 3.78. The number of hydrogen-bond acceptors (Lipinski definition) is 3. The standard InChI is InChI=1S/C14H19Br2NO3/c15-7-5-12(6-8-16)20-11-3-1-10(2-4-11)9-13(17)14(18)19/h1-4,12-13H,5-9,17H2,(H,18,19)/t13-/m0/s1. The van der Waals surface area contributed by atoms with Crippen LogP contribution in [-0.2, 0) is 11.2 Å². The van der Waals surface area contributed by atoms with Crippen LogP contribution in [-0.4, -0.2) is 33.9 Å². The van der Waals surface area contributed by atoms with Gasteiger partial charge in [-0.1, -0.05) is 44.0 Å². The van der Waals surface area contributed by atoms with Crippen LogP contribution in [0.2, 0.25) is 0 Å². The zero-order valence-electron chi connectivity index (χ0n) is 11.1. The minimum absolute atomic E-state index is 0.167. The summed E-state index contributed by atoms with van der Waals surface area (Å²) in [5.74, 6) is -0.190. The van der Waals surface area contributed by atoms with Crippen molar-refractivity contribution in [2.75, 3.05) is 10.7 Å². The van der Waals surface area contributed by atoms with Gasteiger partial charge in [-0.2, -0.15) is 0 Å². The van der Waals surface area contributed by atoms with E-state index < -0.39 is 12.0 Å². The summed E-state index contributed by atoms with van der Waals surface area (Å²) in [6, 6.07) is 6.57. The third-order valence-electron chi connectivity index (χ3n) is 2.86. The molecule has 0 aromatic heterocycles. The first-order chi connectivity index (χ1) is 9.56. The quantitative estimate of drug-likeness (QED) is 0.616. The number of benzene rings is 1. The molecule has 1 aromatic rings. The summed E-state index contributed by atoms with van der Waals surface area (Å²) in [6.45, 7) is 0. The predicted octanol–water partition coefficient (Wildman–Crippen LogP) is 2.96. The SMILES string of the molecule is N[C@@H](Cc1ccc(OC(CCBr)CCBr)cc1)C(=O)O. The van der Waals surface area contributed by atoms with Gasteiger partial charge in [0.15, 0.2) is 0 Å². The number of carbonyl (C=O) groups is 1. The second-order valence-corrected chi connectivity index (χ2v) is 6.07.